The molecule has 1 N–H and O–H groups in total. The van der Waals surface area contributed by atoms with Gasteiger partial charge in [-0.3, -0.25) is 10.1 Å². The fraction of sp³-hybridized carbons (Fsp3) is 0.182. The van der Waals surface area contributed by atoms with Gasteiger partial charge in [-0.1, -0.05) is 0 Å². The molecule has 1 aromatic carbocycles. The second-order valence-corrected chi connectivity index (χ2v) is 3.80. The zero-order chi connectivity index (χ0) is 13.3. The highest BCUT2D eigenvalue weighted by Gasteiger charge is 2.16. The van der Waals surface area contributed by atoms with E-state index in [-0.39, 0.29) is 17.1 Å². The molecule has 0 saturated heterocycles. The molecule has 0 aliphatic rings. The van der Waals surface area contributed by atoms with E-state index in [1.54, 1.807) is 7.05 Å². The maximum Gasteiger partial charge on any atom is 0.261 e. The first-order valence-electron chi connectivity index (χ1n) is 5.10. The second-order valence-electron chi connectivity index (χ2n) is 3.80. The van der Waals surface area contributed by atoms with Crippen molar-refractivity contribution in [3.63, 3.8) is 0 Å². The van der Waals surface area contributed by atoms with Gasteiger partial charge >= 0.3 is 0 Å². The van der Waals surface area contributed by atoms with Crippen LogP contribution in [0.5, 0.6) is 0 Å². The average molecular weight is 252 g/mol. The first-order chi connectivity index (χ1) is 8.49. The van der Waals surface area contributed by atoms with Crippen LogP contribution in [0.15, 0.2) is 18.5 Å². The highest BCUT2D eigenvalue weighted by atomic mass is 19.1. The number of nitrogens with zero attached hydrogens (tertiary/aromatic N) is 3. The van der Waals surface area contributed by atoms with E-state index in [0.29, 0.717) is 6.07 Å². The number of carbonyl (C=O) groups is 1. The molecule has 0 radical (unpaired) electrons. The van der Waals surface area contributed by atoms with Crippen molar-refractivity contribution in [1.29, 1.82) is 0 Å². The van der Waals surface area contributed by atoms with Crippen LogP contribution >= 0.6 is 0 Å². The van der Waals surface area contributed by atoms with Crippen molar-refractivity contribution in [2.45, 2.75) is 6.92 Å². The van der Waals surface area contributed by atoms with Gasteiger partial charge in [-0.15, -0.1) is 10.2 Å². The van der Waals surface area contributed by atoms with E-state index in [2.05, 4.69) is 15.5 Å². The van der Waals surface area contributed by atoms with Gasteiger partial charge in [0.2, 0.25) is 5.95 Å². The molecule has 0 aliphatic carbocycles. The monoisotopic (exact) mass is 252 g/mol. The van der Waals surface area contributed by atoms with Crippen molar-refractivity contribution in [3.05, 3.63) is 41.2 Å². The average Bonchev–Trinajstić information content (AvgIpc) is 2.69. The zero-order valence-corrected chi connectivity index (χ0v) is 9.74. The summed E-state index contributed by atoms with van der Waals surface area (Å²) in [6, 6.07) is 1.83. The number of amides is 1. The summed E-state index contributed by atoms with van der Waals surface area (Å²) in [6.45, 7) is 1.45. The number of aromatic nitrogens is 3. The molecular formula is C11H10F2N4O. The molecule has 0 aliphatic heterocycles. The van der Waals surface area contributed by atoms with Gasteiger partial charge in [0.15, 0.2) is 0 Å². The Hall–Kier alpha value is -2.31. The van der Waals surface area contributed by atoms with E-state index in [1.165, 1.54) is 17.8 Å². The van der Waals surface area contributed by atoms with Crippen molar-refractivity contribution in [1.82, 2.24) is 14.8 Å². The van der Waals surface area contributed by atoms with Crippen molar-refractivity contribution in [3.8, 4) is 0 Å². The molecule has 1 heterocycles. The van der Waals surface area contributed by atoms with Gasteiger partial charge in [0.1, 0.15) is 18.0 Å². The van der Waals surface area contributed by atoms with Crippen molar-refractivity contribution < 1.29 is 13.6 Å². The normalized spacial score (nSPS) is 10.4. The predicted octanol–water partition coefficient (Wildman–Crippen LogP) is 1.65. The summed E-state index contributed by atoms with van der Waals surface area (Å²) >= 11 is 0. The van der Waals surface area contributed by atoms with Gasteiger partial charge in [-0.05, 0) is 18.6 Å². The van der Waals surface area contributed by atoms with Crippen LogP contribution in [0.2, 0.25) is 0 Å². The molecule has 1 amide bonds. The summed E-state index contributed by atoms with van der Waals surface area (Å²) < 4.78 is 28.0. The Labute approximate surface area is 101 Å². The molecule has 0 bridgehead atoms. The molecule has 0 saturated carbocycles. The van der Waals surface area contributed by atoms with Crippen LogP contribution in [0.25, 0.3) is 0 Å². The molecule has 7 heteroatoms. The first-order valence-corrected chi connectivity index (χ1v) is 5.10. The first kappa shape index (κ1) is 12.2. The minimum Gasteiger partial charge on any atom is -0.303 e. The summed E-state index contributed by atoms with van der Waals surface area (Å²) in [6.07, 6.45) is 1.39. The SMILES string of the molecule is Cc1cc(C(=O)Nc2nncn2C)c(F)cc1F. The lowest BCUT2D eigenvalue weighted by atomic mass is 10.1. The smallest absolute Gasteiger partial charge is 0.261 e. The summed E-state index contributed by atoms with van der Waals surface area (Å²) in [7, 11) is 1.63. The van der Waals surface area contributed by atoms with E-state index in [0.717, 1.165) is 6.07 Å². The fourth-order valence-electron chi connectivity index (χ4n) is 1.40. The van der Waals surface area contributed by atoms with E-state index in [9.17, 15) is 13.6 Å². The Kier molecular flexibility index (Phi) is 3.05. The molecule has 0 spiro atoms. The van der Waals surface area contributed by atoms with Crippen LogP contribution in [0.1, 0.15) is 15.9 Å². The molecular weight excluding hydrogens is 242 g/mol. The number of hydrogen-bond donors (Lipinski definition) is 1. The molecule has 5 nitrogen and oxygen atoms in total. The summed E-state index contributed by atoms with van der Waals surface area (Å²) in [5, 5.41) is 9.58. The Bertz CT molecular complexity index is 609. The number of anilines is 1. The number of benzene rings is 1. The van der Waals surface area contributed by atoms with Crippen LogP contribution in [0, 0.1) is 18.6 Å². The number of carbonyl (C=O) groups excluding carboxylic acids is 1. The Morgan fingerprint density at radius 3 is 2.67 bits per heavy atom. The minimum atomic E-state index is -0.919. The van der Waals surface area contributed by atoms with E-state index < -0.39 is 17.5 Å². The Balaban J connectivity index is 2.30. The second kappa shape index (κ2) is 4.52. The van der Waals surface area contributed by atoms with Gasteiger partial charge < -0.3 is 4.57 Å². The minimum absolute atomic E-state index is 0.182. The van der Waals surface area contributed by atoms with Crippen molar-refractivity contribution in [2.24, 2.45) is 7.05 Å². The molecule has 0 atom stereocenters. The summed E-state index contributed by atoms with van der Waals surface area (Å²) in [5.41, 5.74) is -0.0450. The van der Waals surface area contributed by atoms with Gasteiger partial charge in [-0.25, -0.2) is 8.78 Å². The lowest BCUT2D eigenvalue weighted by Crippen LogP contribution is -2.17. The third-order valence-corrected chi connectivity index (χ3v) is 2.43. The van der Waals surface area contributed by atoms with Gasteiger partial charge in [0.25, 0.3) is 5.91 Å². The highest BCUT2D eigenvalue weighted by Crippen LogP contribution is 2.15. The molecule has 2 rings (SSSR count). The van der Waals surface area contributed by atoms with E-state index in [1.807, 2.05) is 0 Å². The third kappa shape index (κ3) is 2.20. The van der Waals surface area contributed by atoms with Crippen LogP contribution < -0.4 is 5.32 Å². The van der Waals surface area contributed by atoms with Crippen LogP contribution in [-0.2, 0) is 7.05 Å². The number of hydrogen-bond acceptors (Lipinski definition) is 3. The Morgan fingerprint density at radius 1 is 1.33 bits per heavy atom. The number of nitrogens with one attached hydrogen (secondary N) is 1. The topological polar surface area (TPSA) is 59.8 Å². The maximum atomic E-state index is 13.5. The molecule has 2 aromatic rings. The number of rotatable bonds is 2. The van der Waals surface area contributed by atoms with Crippen LogP contribution in [-0.4, -0.2) is 20.7 Å². The van der Waals surface area contributed by atoms with Gasteiger partial charge in [0, 0.05) is 13.1 Å². The predicted molar refractivity (Wildman–Crippen MR) is 60.1 cm³/mol. The summed E-state index contributed by atoms with van der Waals surface area (Å²) in [4.78, 5) is 11.8. The van der Waals surface area contributed by atoms with E-state index in [4.69, 9.17) is 0 Å². The third-order valence-electron chi connectivity index (χ3n) is 2.43. The molecule has 0 fully saturated rings. The van der Waals surface area contributed by atoms with Gasteiger partial charge in [0.05, 0.1) is 5.56 Å². The van der Waals surface area contributed by atoms with E-state index >= 15 is 0 Å². The van der Waals surface area contributed by atoms with Crippen molar-refractivity contribution >= 4 is 11.9 Å². The molecule has 94 valence electrons. The Morgan fingerprint density at radius 2 is 2.06 bits per heavy atom. The van der Waals surface area contributed by atoms with Gasteiger partial charge in [-0.2, -0.15) is 0 Å². The number of aryl methyl sites for hydroxylation is 2. The molecule has 1 aromatic heterocycles. The lowest BCUT2D eigenvalue weighted by Gasteiger charge is -2.06. The zero-order valence-electron chi connectivity index (χ0n) is 9.74. The summed E-state index contributed by atoms with van der Waals surface area (Å²) in [5.74, 6) is -2.13. The molecule has 0 unspecified atom stereocenters. The van der Waals surface area contributed by atoms with Crippen LogP contribution in [0.4, 0.5) is 14.7 Å². The lowest BCUT2D eigenvalue weighted by molar-refractivity contribution is 0.102. The van der Waals surface area contributed by atoms with Crippen LogP contribution in [0.3, 0.4) is 0 Å². The number of halogens is 2. The molecule has 18 heavy (non-hydrogen) atoms. The highest BCUT2D eigenvalue weighted by molar-refractivity contribution is 6.03. The fourth-order valence-corrected chi connectivity index (χ4v) is 1.40. The maximum absolute atomic E-state index is 13.5. The largest absolute Gasteiger partial charge is 0.303 e. The van der Waals surface area contributed by atoms with Crippen molar-refractivity contribution in [2.75, 3.05) is 5.32 Å². The standard InChI is InChI=1S/C11H10F2N4O/c1-6-3-7(9(13)4-8(6)12)10(18)15-11-16-14-5-17(11)2/h3-5H,1-2H3,(H,15,16,18). The quantitative estimate of drug-likeness (QED) is 0.884.